The maximum atomic E-state index is 12.2. The van der Waals surface area contributed by atoms with Crippen molar-refractivity contribution in [2.75, 3.05) is 11.9 Å². The molecule has 0 saturated heterocycles. The van der Waals surface area contributed by atoms with Crippen molar-refractivity contribution in [3.63, 3.8) is 0 Å². The molecule has 3 nitrogen and oxygen atoms in total. The van der Waals surface area contributed by atoms with Crippen LogP contribution in [0.5, 0.6) is 0 Å². The Balaban J connectivity index is 2.14. The molecule has 0 aliphatic heterocycles. The van der Waals surface area contributed by atoms with Crippen molar-refractivity contribution in [3.8, 4) is 0 Å². The zero-order valence-electron chi connectivity index (χ0n) is 11.6. The lowest BCUT2D eigenvalue weighted by Crippen LogP contribution is -2.14. The Hall–Kier alpha value is -1.55. The van der Waals surface area contributed by atoms with E-state index in [0.29, 0.717) is 15.6 Å². The SMILES string of the molecule is CCNCc1cccc(NC(=O)c2cc(Cl)ccc2Cl)c1. The van der Waals surface area contributed by atoms with Crippen molar-refractivity contribution in [2.24, 2.45) is 0 Å². The Kier molecular flexibility index (Phi) is 5.62. The highest BCUT2D eigenvalue weighted by molar-refractivity contribution is 6.36. The lowest BCUT2D eigenvalue weighted by Gasteiger charge is -2.09. The normalized spacial score (nSPS) is 10.4. The Morgan fingerprint density at radius 1 is 1.14 bits per heavy atom. The first-order valence-electron chi connectivity index (χ1n) is 6.66. The van der Waals surface area contributed by atoms with Crippen LogP contribution in [0.3, 0.4) is 0 Å². The molecule has 21 heavy (non-hydrogen) atoms. The monoisotopic (exact) mass is 322 g/mol. The molecule has 5 heteroatoms. The third-order valence-electron chi connectivity index (χ3n) is 2.94. The molecular weight excluding hydrogens is 307 g/mol. The molecule has 0 aliphatic rings. The Bertz CT molecular complexity index is 644. The van der Waals surface area contributed by atoms with Gasteiger partial charge in [0.1, 0.15) is 0 Å². The summed E-state index contributed by atoms with van der Waals surface area (Å²) in [6.45, 7) is 3.71. The minimum Gasteiger partial charge on any atom is -0.322 e. The summed E-state index contributed by atoms with van der Waals surface area (Å²) >= 11 is 11.9. The number of carbonyl (C=O) groups excluding carboxylic acids is 1. The molecule has 0 aromatic heterocycles. The number of carbonyl (C=O) groups is 1. The average Bonchev–Trinajstić information content (AvgIpc) is 2.48. The van der Waals surface area contributed by atoms with Crippen LogP contribution >= 0.6 is 23.2 Å². The summed E-state index contributed by atoms with van der Waals surface area (Å²) in [6.07, 6.45) is 0. The van der Waals surface area contributed by atoms with E-state index in [-0.39, 0.29) is 5.91 Å². The van der Waals surface area contributed by atoms with Gasteiger partial charge in [0, 0.05) is 17.3 Å². The molecule has 0 aliphatic carbocycles. The fourth-order valence-electron chi connectivity index (χ4n) is 1.90. The average molecular weight is 323 g/mol. The van der Waals surface area contributed by atoms with E-state index in [1.54, 1.807) is 18.2 Å². The Morgan fingerprint density at radius 2 is 1.95 bits per heavy atom. The van der Waals surface area contributed by atoms with E-state index in [2.05, 4.69) is 10.6 Å². The van der Waals surface area contributed by atoms with Gasteiger partial charge in [-0.05, 0) is 42.4 Å². The molecule has 0 unspecified atom stereocenters. The first-order valence-corrected chi connectivity index (χ1v) is 7.42. The van der Waals surface area contributed by atoms with Gasteiger partial charge in [-0.15, -0.1) is 0 Å². The number of nitrogens with one attached hydrogen (secondary N) is 2. The van der Waals surface area contributed by atoms with Crippen molar-refractivity contribution in [1.82, 2.24) is 5.32 Å². The summed E-state index contributed by atoms with van der Waals surface area (Å²) in [5.41, 5.74) is 2.19. The topological polar surface area (TPSA) is 41.1 Å². The van der Waals surface area contributed by atoms with Gasteiger partial charge in [-0.1, -0.05) is 42.3 Å². The third kappa shape index (κ3) is 4.46. The zero-order chi connectivity index (χ0) is 15.2. The first-order chi connectivity index (χ1) is 10.1. The molecule has 2 aromatic rings. The lowest BCUT2D eigenvalue weighted by atomic mass is 10.1. The van der Waals surface area contributed by atoms with Crippen LogP contribution in [-0.4, -0.2) is 12.5 Å². The fourth-order valence-corrected chi connectivity index (χ4v) is 2.27. The lowest BCUT2D eigenvalue weighted by molar-refractivity contribution is 0.102. The second kappa shape index (κ2) is 7.46. The second-order valence-electron chi connectivity index (χ2n) is 4.56. The molecule has 0 atom stereocenters. The largest absolute Gasteiger partial charge is 0.322 e. The highest BCUT2D eigenvalue weighted by Gasteiger charge is 2.11. The van der Waals surface area contributed by atoms with Crippen LogP contribution < -0.4 is 10.6 Å². The molecule has 0 heterocycles. The minimum atomic E-state index is -0.275. The second-order valence-corrected chi connectivity index (χ2v) is 5.40. The van der Waals surface area contributed by atoms with E-state index < -0.39 is 0 Å². The van der Waals surface area contributed by atoms with Gasteiger partial charge in [-0.3, -0.25) is 4.79 Å². The first kappa shape index (κ1) is 15.8. The van der Waals surface area contributed by atoms with Crippen LogP contribution in [0.25, 0.3) is 0 Å². The molecule has 0 fully saturated rings. The summed E-state index contributed by atoms with van der Waals surface area (Å²) in [4.78, 5) is 12.2. The van der Waals surface area contributed by atoms with Crippen molar-refractivity contribution >= 4 is 34.8 Å². The van der Waals surface area contributed by atoms with Crippen molar-refractivity contribution in [2.45, 2.75) is 13.5 Å². The summed E-state index contributed by atoms with van der Waals surface area (Å²) in [7, 11) is 0. The molecule has 1 amide bonds. The van der Waals surface area contributed by atoms with Gasteiger partial charge in [0.15, 0.2) is 0 Å². The highest BCUT2D eigenvalue weighted by atomic mass is 35.5. The van der Waals surface area contributed by atoms with Gasteiger partial charge < -0.3 is 10.6 Å². The summed E-state index contributed by atoms with van der Waals surface area (Å²) < 4.78 is 0. The molecule has 0 spiro atoms. The molecular formula is C16H16Cl2N2O. The number of benzene rings is 2. The van der Waals surface area contributed by atoms with E-state index >= 15 is 0 Å². The van der Waals surface area contributed by atoms with Crippen molar-refractivity contribution < 1.29 is 4.79 Å². The van der Waals surface area contributed by atoms with Gasteiger partial charge in [-0.25, -0.2) is 0 Å². The smallest absolute Gasteiger partial charge is 0.257 e. The van der Waals surface area contributed by atoms with E-state index in [4.69, 9.17) is 23.2 Å². The van der Waals surface area contributed by atoms with Gasteiger partial charge in [0.05, 0.1) is 10.6 Å². The molecule has 2 rings (SSSR count). The van der Waals surface area contributed by atoms with Gasteiger partial charge >= 0.3 is 0 Å². The number of rotatable bonds is 5. The number of hydrogen-bond acceptors (Lipinski definition) is 2. The van der Waals surface area contributed by atoms with Crippen LogP contribution in [0.2, 0.25) is 10.0 Å². The van der Waals surface area contributed by atoms with E-state index in [9.17, 15) is 4.79 Å². The van der Waals surface area contributed by atoms with Crippen LogP contribution in [0.1, 0.15) is 22.8 Å². The zero-order valence-corrected chi connectivity index (χ0v) is 13.1. The number of amides is 1. The third-order valence-corrected chi connectivity index (χ3v) is 3.50. The predicted octanol–water partition coefficient (Wildman–Crippen LogP) is 4.36. The molecule has 0 bridgehead atoms. The van der Waals surface area contributed by atoms with Gasteiger partial charge in [0.2, 0.25) is 0 Å². The van der Waals surface area contributed by atoms with Crippen LogP contribution in [0, 0.1) is 0 Å². The van der Waals surface area contributed by atoms with Gasteiger partial charge in [0.25, 0.3) is 5.91 Å². The minimum absolute atomic E-state index is 0.275. The number of halogens is 2. The Morgan fingerprint density at radius 3 is 2.71 bits per heavy atom. The van der Waals surface area contributed by atoms with Crippen LogP contribution in [0.4, 0.5) is 5.69 Å². The Labute approximate surface area is 134 Å². The van der Waals surface area contributed by atoms with Crippen molar-refractivity contribution in [1.29, 1.82) is 0 Å². The maximum absolute atomic E-state index is 12.2. The van der Waals surface area contributed by atoms with Crippen molar-refractivity contribution in [3.05, 3.63) is 63.6 Å². The van der Waals surface area contributed by atoms with E-state index in [1.807, 2.05) is 31.2 Å². The van der Waals surface area contributed by atoms with E-state index in [0.717, 1.165) is 24.3 Å². The van der Waals surface area contributed by atoms with Crippen LogP contribution in [0.15, 0.2) is 42.5 Å². The fraction of sp³-hybridized carbons (Fsp3) is 0.188. The molecule has 0 radical (unpaired) electrons. The standard InChI is InChI=1S/C16H16Cl2N2O/c1-2-19-10-11-4-3-5-13(8-11)20-16(21)14-9-12(17)6-7-15(14)18/h3-9,19H,2,10H2,1H3,(H,20,21). The van der Waals surface area contributed by atoms with Crippen LogP contribution in [-0.2, 0) is 6.54 Å². The molecule has 110 valence electrons. The highest BCUT2D eigenvalue weighted by Crippen LogP contribution is 2.22. The van der Waals surface area contributed by atoms with E-state index in [1.165, 1.54) is 0 Å². The predicted molar refractivity (Wildman–Crippen MR) is 88.2 cm³/mol. The molecule has 0 saturated carbocycles. The molecule has 2 aromatic carbocycles. The molecule has 2 N–H and O–H groups in total. The quantitative estimate of drug-likeness (QED) is 0.858. The van der Waals surface area contributed by atoms with Gasteiger partial charge in [-0.2, -0.15) is 0 Å². The number of anilines is 1. The summed E-state index contributed by atoms with van der Waals surface area (Å²) in [5, 5.41) is 6.93. The number of hydrogen-bond donors (Lipinski definition) is 2. The summed E-state index contributed by atoms with van der Waals surface area (Å²) in [6, 6.07) is 12.5. The maximum Gasteiger partial charge on any atom is 0.257 e. The summed E-state index contributed by atoms with van der Waals surface area (Å²) in [5.74, 6) is -0.275.